The van der Waals surface area contributed by atoms with Crippen molar-refractivity contribution in [2.45, 2.75) is 0 Å². The summed E-state index contributed by atoms with van der Waals surface area (Å²) in [4.78, 5) is 15.9. The van der Waals surface area contributed by atoms with Gasteiger partial charge in [0.15, 0.2) is 0 Å². The molecule has 136 valence electrons. The van der Waals surface area contributed by atoms with Gasteiger partial charge in [-0.05, 0) is 36.4 Å². The largest absolute Gasteiger partial charge is 0.497 e. The van der Waals surface area contributed by atoms with Gasteiger partial charge in [0.1, 0.15) is 23.1 Å². The number of hydrogen-bond acceptors (Lipinski definition) is 5. The van der Waals surface area contributed by atoms with E-state index in [1.54, 1.807) is 37.6 Å². The fourth-order valence-electron chi connectivity index (χ4n) is 2.37. The van der Waals surface area contributed by atoms with Crippen LogP contribution in [0.15, 0.2) is 79.5 Å². The first-order valence-electron chi connectivity index (χ1n) is 8.25. The van der Waals surface area contributed by atoms with Gasteiger partial charge in [-0.1, -0.05) is 24.8 Å². The summed E-state index contributed by atoms with van der Waals surface area (Å²) in [6.07, 6.45) is 2.86. The number of hydrogen-bond donors (Lipinski definition) is 2. The molecule has 0 aliphatic heterocycles. The third kappa shape index (κ3) is 4.85. The molecule has 3 rings (SSSR count). The lowest BCUT2D eigenvalue weighted by atomic mass is 10.2. The maximum atomic E-state index is 11.6. The Bertz CT molecular complexity index is 957. The molecule has 0 aliphatic rings. The average Bonchev–Trinajstić information content (AvgIpc) is 2.70. The van der Waals surface area contributed by atoms with Crippen LogP contribution in [0.2, 0.25) is 0 Å². The Morgan fingerprint density at radius 1 is 1.00 bits per heavy atom. The van der Waals surface area contributed by atoms with Crippen molar-refractivity contribution in [1.29, 1.82) is 0 Å². The van der Waals surface area contributed by atoms with Crippen molar-refractivity contribution >= 4 is 23.1 Å². The van der Waals surface area contributed by atoms with Gasteiger partial charge in [-0.15, -0.1) is 0 Å². The molecule has 0 fully saturated rings. The van der Waals surface area contributed by atoms with Gasteiger partial charge in [0, 0.05) is 18.3 Å². The summed E-state index contributed by atoms with van der Waals surface area (Å²) in [5.41, 5.74) is 1.34. The van der Waals surface area contributed by atoms with E-state index in [0.717, 1.165) is 0 Å². The van der Waals surface area contributed by atoms with E-state index < -0.39 is 0 Å². The first kappa shape index (κ1) is 18.0. The summed E-state index contributed by atoms with van der Waals surface area (Å²) in [6, 6.07) is 18.2. The molecule has 2 aromatic carbocycles. The van der Waals surface area contributed by atoms with E-state index >= 15 is 0 Å². The molecule has 0 saturated heterocycles. The van der Waals surface area contributed by atoms with Crippen LogP contribution in [0.3, 0.4) is 0 Å². The van der Waals surface area contributed by atoms with Crippen LogP contribution in [0.1, 0.15) is 0 Å². The van der Waals surface area contributed by atoms with Gasteiger partial charge in [0.2, 0.25) is 5.91 Å². The first-order chi connectivity index (χ1) is 13.2. The SMILES string of the molecule is C=CC(=O)Nc1ccccc1Nc1cc(Oc2cccc(OC)c2)ccn1. The van der Waals surface area contributed by atoms with E-state index in [4.69, 9.17) is 9.47 Å². The number of rotatable bonds is 7. The Labute approximate surface area is 157 Å². The molecule has 0 saturated carbocycles. The second kappa shape index (κ2) is 8.53. The predicted octanol–water partition coefficient (Wildman–Crippen LogP) is 4.75. The van der Waals surface area contributed by atoms with Crippen molar-refractivity contribution in [3.63, 3.8) is 0 Å². The zero-order valence-corrected chi connectivity index (χ0v) is 14.8. The number of pyridine rings is 1. The van der Waals surface area contributed by atoms with Gasteiger partial charge in [-0.2, -0.15) is 0 Å². The number of amides is 1. The Hall–Kier alpha value is -3.80. The first-order valence-corrected chi connectivity index (χ1v) is 8.25. The van der Waals surface area contributed by atoms with Gasteiger partial charge in [-0.3, -0.25) is 4.79 Å². The number of carbonyl (C=O) groups excluding carboxylic acids is 1. The van der Waals surface area contributed by atoms with Crippen LogP contribution in [-0.4, -0.2) is 18.0 Å². The molecule has 0 spiro atoms. The molecule has 0 unspecified atom stereocenters. The molecule has 1 amide bonds. The lowest BCUT2D eigenvalue weighted by molar-refractivity contribution is -0.111. The summed E-state index contributed by atoms with van der Waals surface area (Å²) in [6.45, 7) is 3.46. The molecule has 6 nitrogen and oxygen atoms in total. The van der Waals surface area contributed by atoms with Gasteiger partial charge in [-0.25, -0.2) is 4.98 Å². The molecular weight excluding hydrogens is 342 g/mol. The maximum Gasteiger partial charge on any atom is 0.247 e. The maximum absolute atomic E-state index is 11.6. The van der Waals surface area contributed by atoms with Gasteiger partial charge in [0.25, 0.3) is 0 Å². The van der Waals surface area contributed by atoms with Crippen molar-refractivity contribution < 1.29 is 14.3 Å². The fourth-order valence-corrected chi connectivity index (χ4v) is 2.37. The van der Waals surface area contributed by atoms with Gasteiger partial charge < -0.3 is 20.1 Å². The van der Waals surface area contributed by atoms with E-state index in [0.29, 0.717) is 34.4 Å². The monoisotopic (exact) mass is 361 g/mol. The van der Waals surface area contributed by atoms with Crippen molar-refractivity contribution in [3.8, 4) is 17.2 Å². The molecule has 2 N–H and O–H groups in total. The fraction of sp³-hybridized carbons (Fsp3) is 0.0476. The van der Waals surface area contributed by atoms with Gasteiger partial charge in [0.05, 0.1) is 18.5 Å². The van der Waals surface area contributed by atoms with Crippen LogP contribution in [0.5, 0.6) is 17.2 Å². The van der Waals surface area contributed by atoms with Crippen LogP contribution in [0.4, 0.5) is 17.2 Å². The van der Waals surface area contributed by atoms with Crippen LogP contribution >= 0.6 is 0 Å². The number of aromatic nitrogens is 1. The molecule has 0 radical (unpaired) electrons. The third-order valence-electron chi connectivity index (χ3n) is 3.64. The normalized spacial score (nSPS) is 9.96. The Morgan fingerprint density at radius 3 is 2.52 bits per heavy atom. The lowest BCUT2D eigenvalue weighted by Crippen LogP contribution is -2.09. The number of nitrogens with zero attached hydrogens (tertiary/aromatic N) is 1. The van der Waals surface area contributed by atoms with Crippen molar-refractivity contribution in [3.05, 3.63) is 79.5 Å². The average molecular weight is 361 g/mol. The van der Waals surface area contributed by atoms with Crippen molar-refractivity contribution in [2.24, 2.45) is 0 Å². The number of ether oxygens (including phenoxy) is 2. The zero-order chi connectivity index (χ0) is 19.1. The minimum absolute atomic E-state index is 0.285. The summed E-state index contributed by atoms with van der Waals surface area (Å²) >= 11 is 0. The number of anilines is 3. The van der Waals surface area contributed by atoms with E-state index in [-0.39, 0.29) is 5.91 Å². The molecule has 1 heterocycles. The van der Waals surface area contributed by atoms with E-state index in [1.807, 2.05) is 36.4 Å². The second-order valence-corrected chi connectivity index (χ2v) is 5.52. The Balaban J connectivity index is 1.78. The van der Waals surface area contributed by atoms with Crippen LogP contribution < -0.4 is 20.1 Å². The van der Waals surface area contributed by atoms with Gasteiger partial charge >= 0.3 is 0 Å². The minimum Gasteiger partial charge on any atom is -0.497 e. The molecule has 3 aromatic rings. The number of benzene rings is 2. The Morgan fingerprint density at radius 2 is 1.74 bits per heavy atom. The highest BCUT2D eigenvalue weighted by molar-refractivity contribution is 6.01. The molecule has 0 atom stereocenters. The van der Waals surface area contributed by atoms with E-state index in [2.05, 4.69) is 22.2 Å². The smallest absolute Gasteiger partial charge is 0.247 e. The van der Waals surface area contributed by atoms with Crippen LogP contribution in [-0.2, 0) is 4.79 Å². The number of nitrogens with one attached hydrogen (secondary N) is 2. The Kier molecular flexibility index (Phi) is 5.69. The number of methoxy groups -OCH3 is 1. The lowest BCUT2D eigenvalue weighted by Gasteiger charge is -2.13. The molecule has 27 heavy (non-hydrogen) atoms. The second-order valence-electron chi connectivity index (χ2n) is 5.52. The summed E-state index contributed by atoms with van der Waals surface area (Å²) < 4.78 is 11.1. The highest BCUT2D eigenvalue weighted by Gasteiger charge is 2.07. The molecular formula is C21H19N3O3. The van der Waals surface area contributed by atoms with E-state index in [1.165, 1.54) is 6.08 Å². The minimum atomic E-state index is -0.285. The molecule has 0 bridgehead atoms. The highest BCUT2D eigenvalue weighted by atomic mass is 16.5. The molecule has 1 aromatic heterocycles. The highest BCUT2D eigenvalue weighted by Crippen LogP contribution is 2.29. The number of carbonyl (C=O) groups is 1. The van der Waals surface area contributed by atoms with E-state index in [9.17, 15) is 4.79 Å². The predicted molar refractivity (Wildman–Crippen MR) is 106 cm³/mol. The molecule has 0 aliphatic carbocycles. The summed E-state index contributed by atoms with van der Waals surface area (Å²) in [5.74, 6) is 2.29. The van der Waals surface area contributed by atoms with Crippen molar-refractivity contribution in [1.82, 2.24) is 4.98 Å². The number of para-hydroxylation sites is 2. The summed E-state index contributed by atoms with van der Waals surface area (Å²) in [7, 11) is 1.61. The van der Waals surface area contributed by atoms with Crippen LogP contribution in [0.25, 0.3) is 0 Å². The molecule has 6 heteroatoms. The zero-order valence-electron chi connectivity index (χ0n) is 14.8. The standard InChI is InChI=1S/C21H19N3O3/c1-3-21(25)24-19-10-5-4-9-18(19)23-20-14-17(11-12-22-20)27-16-8-6-7-15(13-16)26-2/h3-14H,1H2,2H3,(H,22,23)(H,24,25). The quantitative estimate of drug-likeness (QED) is 0.594. The summed E-state index contributed by atoms with van der Waals surface area (Å²) in [5, 5.41) is 5.94. The van der Waals surface area contributed by atoms with Crippen molar-refractivity contribution in [2.75, 3.05) is 17.7 Å². The topological polar surface area (TPSA) is 72.5 Å². The third-order valence-corrected chi connectivity index (χ3v) is 3.64. The van der Waals surface area contributed by atoms with Crippen LogP contribution in [0, 0.1) is 0 Å².